The molecule has 5 heteroatoms. The molecule has 0 saturated heterocycles. The predicted molar refractivity (Wildman–Crippen MR) is 70.7 cm³/mol. The van der Waals surface area contributed by atoms with Crippen molar-refractivity contribution in [2.24, 2.45) is 0 Å². The molecule has 1 aromatic carbocycles. The van der Waals surface area contributed by atoms with Crippen molar-refractivity contribution in [3.8, 4) is 5.75 Å². The van der Waals surface area contributed by atoms with Gasteiger partial charge in [-0.15, -0.1) is 0 Å². The summed E-state index contributed by atoms with van der Waals surface area (Å²) in [6, 6.07) is 5.62. The zero-order chi connectivity index (χ0) is 14.5. The molecule has 0 amide bonds. The van der Waals surface area contributed by atoms with Gasteiger partial charge in [-0.05, 0) is 50.5 Å². The van der Waals surface area contributed by atoms with Gasteiger partial charge in [0.15, 0.2) is 0 Å². The molecule has 0 aliphatic rings. The number of halogens is 3. The first-order valence-corrected chi connectivity index (χ1v) is 6.30. The van der Waals surface area contributed by atoms with Crippen molar-refractivity contribution in [2.45, 2.75) is 45.3 Å². The summed E-state index contributed by atoms with van der Waals surface area (Å²) in [6.45, 7) is 3.83. The van der Waals surface area contributed by atoms with Crippen LogP contribution in [0.5, 0.6) is 5.75 Å². The molecular weight excluding hydrogens is 255 g/mol. The van der Waals surface area contributed by atoms with Gasteiger partial charge in [-0.1, -0.05) is 0 Å². The Morgan fingerprint density at radius 3 is 2.53 bits per heavy atom. The van der Waals surface area contributed by atoms with Gasteiger partial charge in [0.05, 0.1) is 7.11 Å². The van der Waals surface area contributed by atoms with Crippen molar-refractivity contribution in [3.05, 3.63) is 23.8 Å². The monoisotopic (exact) mass is 275 g/mol. The largest absolute Gasteiger partial charge is 0.497 e. The number of anilines is 1. The second kappa shape index (κ2) is 6.68. The SMILES string of the molecule is COc1ccc(NC(C)CCCC(F)(F)F)c(C)c1. The third-order valence-corrected chi connectivity index (χ3v) is 2.93. The maximum atomic E-state index is 12.0. The third kappa shape index (κ3) is 5.85. The standard InChI is InChI=1S/C14H20F3NO/c1-10-9-12(19-3)6-7-13(10)18-11(2)5-4-8-14(15,16)17/h6-7,9,11,18H,4-5,8H2,1-3H3. The molecule has 1 unspecified atom stereocenters. The summed E-state index contributed by atoms with van der Waals surface area (Å²) in [5, 5.41) is 3.22. The lowest BCUT2D eigenvalue weighted by Crippen LogP contribution is -2.17. The van der Waals surface area contributed by atoms with Gasteiger partial charge in [-0.2, -0.15) is 13.2 Å². The van der Waals surface area contributed by atoms with Crippen LogP contribution in [0.2, 0.25) is 0 Å². The number of aryl methyl sites for hydroxylation is 1. The average molecular weight is 275 g/mol. The normalized spacial score (nSPS) is 13.2. The second-order valence-corrected chi connectivity index (χ2v) is 4.73. The molecule has 0 aliphatic heterocycles. The Balaban J connectivity index is 2.46. The first kappa shape index (κ1) is 15.7. The van der Waals surface area contributed by atoms with Crippen LogP contribution in [-0.4, -0.2) is 19.3 Å². The highest BCUT2D eigenvalue weighted by molar-refractivity contribution is 5.54. The molecule has 1 rings (SSSR count). The summed E-state index contributed by atoms with van der Waals surface area (Å²) in [6.07, 6.45) is -4.14. The Bertz CT molecular complexity index is 404. The number of hydrogen-bond acceptors (Lipinski definition) is 2. The van der Waals surface area contributed by atoms with Crippen LogP contribution in [0.25, 0.3) is 0 Å². The summed E-state index contributed by atoms with van der Waals surface area (Å²) < 4.78 is 41.2. The Labute approximate surface area is 112 Å². The first-order valence-electron chi connectivity index (χ1n) is 6.30. The highest BCUT2D eigenvalue weighted by atomic mass is 19.4. The van der Waals surface area contributed by atoms with Crippen molar-refractivity contribution in [2.75, 3.05) is 12.4 Å². The van der Waals surface area contributed by atoms with E-state index in [0.29, 0.717) is 6.42 Å². The molecule has 19 heavy (non-hydrogen) atoms. The second-order valence-electron chi connectivity index (χ2n) is 4.73. The van der Waals surface area contributed by atoms with Gasteiger partial charge < -0.3 is 10.1 Å². The number of nitrogens with one attached hydrogen (secondary N) is 1. The highest BCUT2D eigenvalue weighted by Crippen LogP contribution is 2.25. The number of benzene rings is 1. The molecule has 108 valence electrons. The van der Waals surface area contributed by atoms with E-state index in [-0.39, 0.29) is 12.5 Å². The lowest BCUT2D eigenvalue weighted by atomic mass is 10.1. The van der Waals surface area contributed by atoms with E-state index in [9.17, 15) is 13.2 Å². The molecule has 1 atom stereocenters. The third-order valence-electron chi connectivity index (χ3n) is 2.93. The van der Waals surface area contributed by atoms with Crippen LogP contribution in [0.4, 0.5) is 18.9 Å². The van der Waals surface area contributed by atoms with Gasteiger partial charge in [-0.25, -0.2) is 0 Å². The number of ether oxygens (including phenoxy) is 1. The molecule has 0 heterocycles. The molecule has 0 aliphatic carbocycles. The van der Waals surface area contributed by atoms with Gasteiger partial charge in [-0.3, -0.25) is 0 Å². The average Bonchev–Trinajstić information content (AvgIpc) is 2.30. The minimum Gasteiger partial charge on any atom is -0.497 e. The van der Waals surface area contributed by atoms with Crippen LogP contribution >= 0.6 is 0 Å². The van der Waals surface area contributed by atoms with E-state index >= 15 is 0 Å². The van der Waals surface area contributed by atoms with E-state index in [1.54, 1.807) is 7.11 Å². The van der Waals surface area contributed by atoms with Gasteiger partial charge >= 0.3 is 6.18 Å². The minimum atomic E-state index is -4.06. The van der Waals surface area contributed by atoms with Crippen LogP contribution < -0.4 is 10.1 Å². The van der Waals surface area contributed by atoms with Crippen LogP contribution in [0.3, 0.4) is 0 Å². The Morgan fingerprint density at radius 1 is 1.32 bits per heavy atom. The zero-order valence-corrected chi connectivity index (χ0v) is 11.5. The van der Waals surface area contributed by atoms with Gasteiger partial charge in [0.2, 0.25) is 0 Å². The molecule has 0 bridgehead atoms. The fraction of sp³-hybridized carbons (Fsp3) is 0.571. The van der Waals surface area contributed by atoms with Gasteiger partial charge in [0, 0.05) is 18.2 Å². The lowest BCUT2D eigenvalue weighted by molar-refractivity contribution is -0.135. The number of hydrogen-bond donors (Lipinski definition) is 1. The summed E-state index contributed by atoms with van der Waals surface area (Å²) in [4.78, 5) is 0. The fourth-order valence-corrected chi connectivity index (χ4v) is 1.87. The molecule has 0 aromatic heterocycles. The molecular formula is C14H20F3NO. The predicted octanol–water partition coefficient (Wildman–Crippen LogP) is 4.54. The Morgan fingerprint density at radius 2 is 2.00 bits per heavy atom. The van der Waals surface area contributed by atoms with Crippen LogP contribution in [-0.2, 0) is 0 Å². The maximum Gasteiger partial charge on any atom is 0.389 e. The summed E-state index contributed by atoms with van der Waals surface area (Å²) in [5.74, 6) is 0.771. The smallest absolute Gasteiger partial charge is 0.389 e. The molecule has 2 nitrogen and oxygen atoms in total. The van der Waals surface area contributed by atoms with E-state index in [1.165, 1.54) is 0 Å². The Kier molecular flexibility index (Phi) is 5.51. The van der Waals surface area contributed by atoms with Crippen molar-refractivity contribution in [3.63, 3.8) is 0 Å². The molecule has 0 saturated carbocycles. The van der Waals surface area contributed by atoms with Crippen molar-refractivity contribution in [1.82, 2.24) is 0 Å². The number of methoxy groups -OCH3 is 1. The summed E-state index contributed by atoms with van der Waals surface area (Å²) in [5.41, 5.74) is 1.95. The summed E-state index contributed by atoms with van der Waals surface area (Å²) in [7, 11) is 1.60. The zero-order valence-electron chi connectivity index (χ0n) is 11.5. The molecule has 0 fully saturated rings. The topological polar surface area (TPSA) is 21.3 Å². The lowest BCUT2D eigenvalue weighted by Gasteiger charge is -2.18. The summed E-state index contributed by atoms with van der Waals surface area (Å²) >= 11 is 0. The molecule has 1 N–H and O–H groups in total. The van der Waals surface area contributed by atoms with Crippen molar-refractivity contribution in [1.29, 1.82) is 0 Å². The quantitative estimate of drug-likeness (QED) is 0.823. The van der Waals surface area contributed by atoms with E-state index in [1.807, 2.05) is 32.0 Å². The Hall–Kier alpha value is -1.39. The van der Waals surface area contributed by atoms with Crippen molar-refractivity contribution >= 4 is 5.69 Å². The van der Waals surface area contributed by atoms with Crippen LogP contribution in [0, 0.1) is 6.92 Å². The highest BCUT2D eigenvalue weighted by Gasteiger charge is 2.26. The van der Waals surface area contributed by atoms with E-state index in [4.69, 9.17) is 4.74 Å². The van der Waals surface area contributed by atoms with Crippen LogP contribution in [0.1, 0.15) is 31.7 Å². The van der Waals surface area contributed by atoms with Gasteiger partial charge in [0.25, 0.3) is 0 Å². The fourth-order valence-electron chi connectivity index (χ4n) is 1.87. The van der Waals surface area contributed by atoms with E-state index < -0.39 is 12.6 Å². The first-order chi connectivity index (χ1) is 8.81. The van der Waals surface area contributed by atoms with Gasteiger partial charge in [0.1, 0.15) is 5.75 Å². The molecule has 1 aromatic rings. The van der Waals surface area contributed by atoms with Crippen molar-refractivity contribution < 1.29 is 17.9 Å². The van der Waals surface area contributed by atoms with Crippen LogP contribution in [0.15, 0.2) is 18.2 Å². The minimum absolute atomic E-state index is 0.00875. The maximum absolute atomic E-state index is 12.0. The molecule has 0 spiro atoms. The van der Waals surface area contributed by atoms with E-state index in [0.717, 1.165) is 17.0 Å². The van der Waals surface area contributed by atoms with E-state index in [2.05, 4.69) is 5.32 Å². The number of rotatable bonds is 6. The molecule has 0 radical (unpaired) electrons. The number of alkyl halides is 3.